The molecule has 4 nitrogen and oxygen atoms in total. The van der Waals surface area contributed by atoms with Gasteiger partial charge in [0.15, 0.2) is 11.7 Å². The van der Waals surface area contributed by atoms with E-state index in [-0.39, 0.29) is 17.5 Å². The zero-order chi connectivity index (χ0) is 14.4. The van der Waals surface area contributed by atoms with E-state index in [9.17, 15) is 9.90 Å². The first kappa shape index (κ1) is 16.1. The molecular weight excluding hydrogens is 262 g/mol. The SMILES string of the molecule is CCC(=NOCSC)C1=C(O)CC(C(C)C)CC1=O. The van der Waals surface area contributed by atoms with Crippen LogP contribution in [-0.4, -0.2) is 28.8 Å². The summed E-state index contributed by atoms with van der Waals surface area (Å²) in [6, 6.07) is 0. The lowest BCUT2D eigenvalue weighted by Crippen LogP contribution is -2.26. The fraction of sp³-hybridized carbons (Fsp3) is 0.714. The predicted octanol–water partition coefficient (Wildman–Crippen LogP) is 3.54. The van der Waals surface area contributed by atoms with Crippen LogP contribution in [0, 0.1) is 11.8 Å². The van der Waals surface area contributed by atoms with Crippen LogP contribution in [0.4, 0.5) is 0 Å². The van der Waals surface area contributed by atoms with E-state index in [0.29, 0.717) is 42.4 Å². The van der Waals surface area contributed by atoms with Gasteiger partial charge in [0.2, 0.25) is 0 Å². The number of ketones is 1. The van der Waals surface area contributed by atoms with Crippen molar-refractivity contribution in [3.8, 4) is 0 Å². The Morgan fingerprint density at radius 3 is 2.68 bits per heavy atom. The topological polar surface area (TPSA) is 58.9 Å². The fourth-order valence-electron chi connectivity index (χ4n) is 2.17. The largest absolute Gasteiger partial charge is 0.511 e. The summed E-state index contributed by atoms with van der Waals surface area (Å²) < 4.78 is 0. The van der Waals surface area contributed by atoms with Gasteiger partial charge in [-0.1, -0.05) is 25.9 Å². The molecule has 1 aliphatic carbocycles. The smallest absolute Gasteiger partial charge is 0.168 e. The summed E-state index contributed by atoms with van der Waals surface area (Å²) in [4.78, 5) is 17.3. The molecule has 1 N–H and O–H groups in total. The lowest BCUT2D eigenvalue weighted by Gasteiger charge is -2.26. The van der Waals surface area contributed by atoms with Crippen molar-refractivity contribution in [3.05, 3.63) is 11.3 Å². The summed E-state index contributed by atoms with van der Waals surface area (Å²) in [6.07, 6.45) is 3.53. The number of allylic oxidation sites excluding steroid dienone is 2. The highest BCUT2D eigenvalue weighted by Gasteiger charge is 2.31. The van der Waals surface area contributed by atoms with Gasteiger partial charge in [-0.15, -0.1) is 11.8 Å². The second kappa shape index (κ2) is 7.58. The molecule has 0 aromatic heterocycles. The van der Waals surface area contributed by atoms with Crippen molar-refractivity contribution in [2.24, 2.45) is 17.0 Å². The number of thioether (sulfide) groups is 1. The van der Waals surface area contributed by atoms with E-state index in [1.54, 1.807) is 0 Å². The first-order chi connectivity index (χ1) is 9.01. The maximum Gasteiger partial charge on any atom is 0.168 e. The number of oxime groups is 1. The molecule has 1 aliphatic rings. The molecule has 0 amide bonds. The number of rotatable bonds is 6. The molecule has 19 heavy (non-hydrogen) atoms. The van der Waals surface area contributed by atoms with Gasteiger partial charge in [0, 0.05) is 12.8 Å². The Balaban J connectivity index is 2.93. The molecule has 0 aliphatic heterocycles. The summed E-state index contributed by atoms with van der Waals surface area (Å²) in [5.74, 6) is 1.21. The Kier molecular flexibility index (Phi) is 6.42. The van der Waals surface area contributed by atoms with E-state index >= 15 is 0 Å². The van der Waals surface area contributed by atoms with Gasteiger partial charge in [0.25, 0.3) is 0 Å². The molecule has 1 unspecified atom stereocenters. The molecule has 0 saturated carbocycles. The van der Waals surface area contributed by atoms with Gasteiger partial charge < -0.3 is 9.94 Å². The van der Waals surface area contributed by atoms with Gasteiger partial charge in [-0.2, -0.15) is 0 Å². The summed E-state index contributed by atoms with van der Waals surface area (Å²) in [6.45, 7) is 6.06. The Bertz CT molecular complexity index is 388. The zero-order valence-corrected chi connectivity index (χ0v) is 12.9. The molecule has 108 valence electrons. The number of hydrogen-bond donors (Lipinski definition) is 1. The molecular formula is C14H23NO3S. The quantitative estimate of drug-likeness (QED) is 0.351. The van der Waals surface area contributed by atoms with Gasteiger partial charge in [-0.3, -0.25) is 4.79 Å². The standard InChI is InChI=1S/C14H23NO3S/c1-5-11(15-18-8-19-4)14-12(16)6-10(9(2)3)7-13(14)17/h9-10,16H,5-8H2,1-4H3. The van der Waals surface area contributed by atoms with Crippen LogP contribution >= 0.6 is 11.8 Å². The van der Waals surface area contributed by atoms with E-state index in [0.717, 1.165) is 0 Å². The van der Waals surface area contributed by atoms with E-state index in [1.165, 1.54) is 11.8 Å². The fourth-order valence-corrected chi connectivity index (χ4v) is 2.32. The van der Waals surface area contributed by atoms with Gasteiger partial charge in [-0.05, 0) is 24.5 Å². The van der Waals surface area contributed by atoms with Crippen molar-refractivity contribution in [2.45, 2.75) is 40.0 Å². The van der Waals surface area contributed by atoms with Crippen LogP contribution in [0.5, 0.6) is 0 Å². The molecule has 1 atom stereocenters. The van der Waals surface area contributed by atoms with Crippen LogP contribution in [0.25, 0.3) is 0 Å². The number of aliphatic hydroxyl groups is 1. The maximum absolute atomic E-state index is 12.2. The molecule has 0 aromatic rings. The number of carbonyl (C=O) groups excluding carboxylic acids is 1. The van der Waals surface area contributed by atoms with Crippen LogP contribution in [0.15, 0.2) is 16.5 Å². The van der Waals surface area contributed by atoms with Crippen LogP contribution in [0.1, 0.15) is 40.0 Å². The second-order valence-corrected chi connectivity index (χ2v) is 5.90. The minimum absolute atomic E-state index is 0.0178. The lowest BCUT2D eigenvalue weighted by atomic mass is 9.79. The summed E-state index contributed by atoms with van der Waals surface area (Å²) in [7, 11) is 0. The molecule has 0 heterocycles. The number of nitrogens with zero attached hydrogens (tertiary/aromatic N) is 1. The van der Waals surface area contributed by atoms with Crippen LogP contribution in [0.3, 0.4) is 0 Å². The third-order valence-electron chi connectivity index (χ3n) is 3.38. The highest BCUT2D eigenvalue weighted by atomic mass is 32.2. The highest BCUT2D eigenvalue weighted by molar-refractivity contribution is 7.98. The van der Waals surface area contributed by atoms with Gasteiger partial charge in [-0.25, -0.2) is 0 Å². The van der Waals surface area contributed by atoms with Gasteiger partial charge >= 0.3 is 0 Å². The van der Waals surface area contributed by atoms with Crippen molar-refractivity contribution in [1.82, 2.24) is 0 Å². The van der Waals surface area contributed by atoms with Crippen LogP contribution in [0.2, 0.25) is 0 Å². The van der Waals surface area contributed by atoms with Crippen LogP contribution < -0.4 is 0 Å². The van der Waals surface area contributed by atoms with Gasteiger partial charge in [0.05, 0.1) is 11.3 Å². The molecule has 1 rings (SSSR count). The molecule has 0 saturated heterocycles. The molecule has 0 fully saturated rings. The number of aliphatic hydroxyl groups excluding tert-OH is 1. The second-order valence-electron chi connectivity index (χ2n) is 5.08. The predicted molar refractivity (Wildman–Crippen MR) is 79.4 cm³/mol. The van der Waals surface area contributed by atoms with E-state index in [4.69, 9.17) is 4.84 Å². The Morgan fingerprint density at radius 1 is 1.53 bits per heavy atom. The van der Waals surface area contributed by atoms with E-state index in [2.05, 4.69) is 19.0 Å². The summed E-state index contributed by atoms with van der Waals surface area (Å²) in [5, 5.41) is 14.1. The summed E-state index contributed by atoms with van der Waals surface area (Å²) in [5.41, 5.74) is 0.930. The average Bonchev–Trinajstić information content (AvgIpc) is 2.35. The highest BCUT2D eigenvalue weighted by Crippen LogP contribution is 2.31. The number of hydrogen-bond acceptors (Lipinski definition) is 5. The Labute approximate surface area is 119 Å². The third-order valence-corrected chi connectivity index (χ3v) is 3.72. The molecule has 5 heteroatoms. The van der Waals surface area contributed by atoms with Gasteiger partial charge in [0.1, 0.15) is 5.76 Å². The monoisotopic (exact) mass is 285 g/mol. The average molecular weight is 285 g/mol. The minimum Gasteiger partial charge on any atom is -0.511 e. The molecule has 0 bridgehead atoms. The molecule has 0 aromatic carbocycles. The Morgan fingerprint density at radius 2 is 2.21 bits per heavy atom. The van der Waals surface area contributed by atoms with Crippen molar-refractivity contribution < 1.29 is 14.7 Å². The van der Waals surface area contributed by atoms with Crippen molar-refractivity contribution in [1.29, 1.82) is 0 Å². The summed E-state index contributed by atoms with van der Waals surface area (Å²) >= 11 is 1.51. The molecule has 0 spiro atoms. The van der Waals surface area contributed by atoms with Crippen molar-refractivity contribution in [2.75, 3.05) is 12.2 Å². The normalized spacial score (nSPS) is 21.2. The number of carbonyl (C=O) groups is 1. The molecule has 0 radical (unpaired) electrons. The van der Waals surface area contributed by atoms with Crippen molar-refractivity contribution >= 4 is 23.3 Å². The maximum atomic E-state index is 12.2. The van der Waals surface area contributed by atoms with E-state index in [1.807, 2.05) is 13.2 Å². The lowest BCUT2D eigenvalue weighted by molar-refractivity contribution is -0.117. The third kappa shape index (κ3) is 4.27. The minimum atomic E-state index is -0.0178. The first-order valence-electron chi connectivity index (χ1n) is 6.64. The number of Topliss-reactive ketones (excluding diaryl/α,β-unsaturated/α-hetero) is 1. The zero-order valence-electron chi connectivity index (χ0n) is 12.1. The first-order valence-corrected chi connectivity index (χ1v) is 8.04. The van der Waals surface area contributed by atoms with Crippen molar-refractivity contribution in [3.63, 3.8) is 0 Å². The van der Waals surface area contributed by atoms with Crippen LogP contribution in [-0.2, 0) is 9.63 Å². The van der Waals surface area contributed by atoms with E-state index < -0.39 is 0 Å². The Hall–Kier alpha value is -0.970.